The van der Waals surface area contributed by atoms with Crippen molar-refractivity contribution in [1.29, 1.82) is 0 Å². The van der Waals surface area contributed by atoms with Crippen LogP contribution >= 0.6 is 11.8 Å². The Morgan fingerprint density at radius 1 is 0.875 bits per heavy atom. The zero-order valence-corrected chi connectivity index (χ0v) is 16.9. The van der Waals surface area contributed by atoms with Crippen molar-refractivity contribution in [2.45, 2.75) is 49.9 Å². The smallest absolute Gasteiger partial charge is 0.208 e. The highest BCUT2D eigenvalue weighted by molar-refractivity contribution is 8.27. The summed E-state index contributed by atoms with van der Waals surface area (Å²) in [6.07, 6.45) is 3.69. The largest absolute Gasteiger partial charge is 0.227 e. The summed E-state index contributed by atoms with van der Waals surface area (Å²) in [5, 5.41) is 0. The Kier molecular flexibility index (Phi) is 9.37. The molecule has 0 aromatic heterocycles. The minimum absolute atomic E-state index is 0.0464. The molecule has 0 fully saturated rings. The predicted molar refractivity (Wildman–Crippen MR) is 104 cm³/mol. The van der Waals surface area contributed by atoms with Gasteiger partial charge in [-0.25, -0.2) is 16.8 Å². The first-order chi connectivity index (χ1) is 11.3. The summed E-state index contributed by atoms with van der Waals surface area (Å²) >= 11 is 1.01. The molecule has 1 aromatic carbocycles. The number of hydrogen-bond acceptors (Lipinski definition) is 5. The SMILES string of the molecule is CCCCCCS(=O)(=O)C(SCC)S(=O)(=O)CCc1ccccc1. The van der Waals surface area contributed by atoms with Gasteiger partial charge in [0.25, 0.3) is 0 Å². The first-order valence-corrected chi connectivity index (χ1v) is 12.9. The van der Waals surface area contributed by atoms with Crippen LogP contribution in [0.15, 0.2) is 30.3 Å². The summed E-state index contributed by atoms with van der Waals surface area (Å²) in [5.74, 6) is 0.279. The minimum atomic E-state index is -3.71. The van der Waals surface area contributed by atoms with Crippen LogP contribution in [-0.2, 0) is 26.1 Å². The Morgan fingerprint density at radius 3 is 2.08 bits per heavy atom. The second-order valence-electron chi connectivity index (χ2n) is 5.77. The Bertz CT molecular complexity index is 667. The molecule has 7 heteroatoms. The number of aryl methyl sites for hydroxylation is 1. The van der Waals surface area contributed by atoms with Crippen molar-refractivity contribution in [3.8, 4) is 0 Å². The van der Waals surface area contributed by atoms with Gasteiger partial charge >= 0.3 is 0 Å². The number of unbranched alkanes of at least 4 members (excludes halogenated alkanes) is 3. The van der Waals surface area contributed by atoms with Gasteiger partial charge in [0.15, 0.2) is 19.7 Å². The first kappa shape index (κ1) is 21.5. The molecular formula is C17H28O4S3. The van der Waals surface area contributed by atoms with Crippen LogP contribution in [0.25, 0.3) is 0 Å². The Balaban J connectivity index is 2.80. The number of sulfone groups is 2. The zero-order chi connectivity index (χ0) is 18.1. The maximum absolute atomic E-state index is 12.6. The molecule has 24 heavy (non-hydrogen) atoms. The average Bonchev–Trinajstić information content (AvgIpc) is 2.55. The van der Waals surface area contributed by atoms with Gasteiger partial charge in [0.2, 0.25) is 3.91 Å². The lowest BCUT2D eigenvalue weighted by Crippen LogP contribution is -2.32. The molecule has 4 nitrogen and oxygen atoms in total. The molecule has 1 atom stereocenters. The third-order valence-electron chi connectivity index (χ3n) is 3.69. The molecule has 0 spiro atoms. The second-order valence-corrected chi connectivity index (χ2v) is 12.5. The number of benzene rings is 1. The molecule has 0 radical (unpaired) electrons. The maximum Gasteiger partial charge on any atom is 0.208 e. The van der Waals surface area contributed by atoms with Gasteiger partial charge in [-0.3, -0.25) is 0 Å². The molecule has 138 valence electrons. The van der Waals surface area contributed by atoms with E-state index in [1.54, 1.807) is 6.92 Å². The Labute approximate surface area is 151 Å². The van der Waals surface area contributed by atoms with Gasteiger partial charge in [0.05, 0.1) is 11.5 Å². The first-order valence-electron chi connectivity index (χ1n) is 8.42. The molecule has 0 aliphatic heterocycles. The van der Waals surface area contributed by atoms with E-state index in [1.807, 2.05) is 30.3 Å². The van der Waals surface area contributed by atoms with Gasteiger partial charge in [0.1, 0.15) is 0 Å². The van der Waals surface area contributed by atoms with E-state index in [-0.39, 0.29) is 11.5 Å². The van der Waals surface area contributed by atoms with Gasteiger partial charge in [0, 0.05) is 0 Å². The van der Waals surface area contributed by atoms with Gasteiger partial charge in [-0.1, -0.05) is 63.4 Å². The molecule has 0 saturated heterocycles. The van der Waals surface area contributed by atoms with Crippen LogP contribution in [-0.4, -0.2) is 38.0 Å². The fourth-order valence-corrected chi connectivity index (χ4v) is 9.59. The Morgan fingerprint density at radius 2 is 1.50 bits per heavy atom. The van der Waals surface area contributed by atoms with Crippen molar-refractivity contribution >= 4 is 31.4 Å². The fraction of sp³-hybridized carbons (Fsp3) is 0.647. The molecule has 0 aliphatic rings. The van der Waals surface area contributed by atoms with Gasteiger partial charge in [-0.05, 0) is 24.2 Å². The van der Waals surface area contributed by atoms with Crippen molar-refractivity contribution in [2.75, 3.05) is 17.3 Å². The molecule has 0 amide bonds. The van der Waals surface area contributed by atoms with Crippen molar-refractivity contribution in [3.05, 3.63) is 35.9 Å². The highest BCUT2D eigenvalue weighted by Gasteiger charge is 2.36. The van der Waals surface area contributed by atoms with Crippen LogP contribution in [0.4, 0.5) is 0 Å². The van der Waals surface area contributed by atoms with E-state index in [2.05, 4.69) is 6.92 Å². The van der Waals surface area contributed by atoms with Crippen LogP contribution < -0.4 is 0 Å². The van der Waals surface area contributed by atoms with E-state index in [0.717, 1.165) is 36.6 Å². The number of hydrogen-bond donors (Lipinski definition) is 0. The van der Waals surface area contributed by atoms with E-state index < -0.39 is 23.6 Å². The van der Waals surface area contributed by atoms with E-state index in [9.17, 15) is 16.8 Å². The zero-order valence-electron chi connectivity index (χ0n) is 14.5. The van der Waals surface area contributed by atoms with E-state index in [1.165, 1.54) is 0 Å². The van der Waals surface area contributed by atoms with Crippen LogP contribution in [0.1, 0.15) is 45.1 Å². The summed E-state index contributed by atoms with van der Waals surface area (Å²) in [7, 11) is -7.36. The highest BCUT2D eigenvalue weighted by Crippen LogP contribution is 2.26. The van der Waals surface area contributed by atoms with Crippen molar-refractivity contribution in [2.24, 2.45) is 0 Å². The number of thioether (sulfide) groups is 1. The molecule has 1 unspecified atom stereocenters. The molecular weight excluding hydrogens is 364 g/mol. The summed E-state index contributed by atoms with van der Waals surface area (Å²) < 4.78 is 49.0. The van der Waals surface area contributed by atoms with Crippen LogP contribution in [0.3, 0.4) is 0 Å². The summed E-state index contributed by atoms with van der Waals surface area (Å²) in [6.45, 7) is 3.84. The molecule has 1 aromatic rings. The van der Waals surface area contributed by atoms with Crippen molar-refractivity contribution < 1.29 is 16.8 Å². The second kappa shape index (κ2) is 10.5. The third kappa shape index (κ3) is 7.15. The lowest BCUT2D eigenvalue weighted by atomic mass is 10.2. The van der Waals surface area contributed by atoms with Gasteiger partial charge < -0.3 is 0 Å². The lowest BCUT2D eigenvalue weighted by Gasteiger charge is -2.17. The highest BCUT2D eigenvalue weighted by atomic mass is 32.3. The van der Waals surface area contributed by atoms with Crippen LogP contribution in [0, 0.1) is 0 Å². The van der Waals surface area contributed by atoms with E-state index >= 15 is 0 Å². The normalized spacial score (nSPS) is 13.8. The molecule has 1 rings (SSSR count). The molecule has 0 bridgehead atoms. The van der Waals surface area contributed by atoms with Crippen molar-refractivity contribution in [3.63, 3.8) is 0 Å². The molecule has 0 saturated carbocycles. The minimum Gasteiger partial charge on any atom is -0.227 e. The molecule has 0 N–H and O–H groups in total. The van der Waals surface area contributed by atoms with Gasteiger partial charge in [-0.2, -0.15) is 0 Å². The summed E-state index contributed by atoms with van der Waals surface area (Å²) in [6, 6.07) is 9.29. The van der Waals surface area contributed by atoms with Gasteiger partial charge in [-0.15, -0.1) is 11.8 Å². The third-order valence-corrected chi connectivity index (χ3v) is 11.4. The quantitative estimate of drug-likeness (QED) is 0.508. The standard InChI is InChI=1S/C17H28O4S3/c1-3-5-6-10-14-23(18,19)17(22-4-2)24(20,21)15-13-16-11-8-7-9-12-16/h7-9,11-12,17H,3-6,10,13-15H2,1-2H3. The predicted octanol–water partition coefficient (Wildman–Crippen LogP) is 3.68. The lowest BCUT2D eigenvalue weighted by molar-refractivity contribution is 0.581. The topological polar surface area (TPSA) is 68.3 Å². The fourth-order valence-electron chi connectivity index (χ4n) is 2.39. The van der Waals surface area contributed by atoms with Crippen LogP contribution in [0.2, 0.25) is 0 Å². The summed E-state index contributed by atoms with van der Waals surface area (Å²) in [5.41, 5.74) is 0.904. The Hall–Kier alpha value is -0.530. The van der Waals surface area contributed by atoms with E-state index in [4.69, 9.17) is 0 Å². The van der Waals surface area contributed by atoms with E-state index in [0.29, 0.717) is 18.6 Å². The summed E-state index contributed by atoms with van der Waals surface area (Å²) in [4.78, 5) is 0. The maximum atomic E-state index is 12.6. The monoisotopic (exact) mass is 392 g/mol. The average molecular weight is 393 g/mol. The molecule has 0 aliphatic carbocycles. The molecule has 0 heterocycles. The van der Waals surface area contributed by atoms with Crippen molar-refractivity contribution in [1.82, 2.24) is 0 Å². The number of rotatable bonds is 12. The van der Waals surface area contributed by atoms with Crippen LogP contribution in [0.5, 0.6) is 0 Å².